The Morgan fingerprint density at radius 1 is 1.50 bits per heavy atom. The summed E-state index contributed by atoms with van der Waals surface area (Å²) < 4.78 is 44.3. The van der Waals surface area contributed by atoms with E-state index < -0.39 is 29.1 Å². The Morgan fingerprint density at radius 3 is 2.65 bits per heavy atom. The van der Waals surface area contributed by atoms with Crippen LogP contribution in [0.3, 0.4) is 0 Å². The fourth-order valence-electron chi connectivity index (χ4n) is 1.20. The molecule has 0 aliphatic carbocycles. The maximum atomic E-state index is 12.1. The van der Waals surface area contributed by atoms with E-state index in [-0.39, 0.29) is 0 Å². The lowest BCUT2D eigenvalue weighted by molar-refractivity contribution is 0.0814. The van der Waals surface area contributed by atoms with Gasteiger partial charge in [-0.3, -0.25) is 4.98 Å². The van der Waals surface area contributed by atoms with Crippen molar-refractivity contribution in [2.75, 3.05) is 6.61 Å². The first-order valence-electron chi connectivity index (χ1n) is 6.04. The number of hydrogen-bond acceptors (Lipinski definition) is 4. The number of nitrogens with zero attached hydrogens (tertiary/aromatic N) is 2. The molecule has 1 atom stereocenters. The molecule has 0 aliphatic rings. The van der Waals surface area contributed by atoms with Crippen molar-refractivity contribution in [3.8, 4) is 5.75 Å². The Morgan fingerprint density at radius 2 is 2.15 bits per heavy atom. The van der Waals surface area contributed by atoms with E-state index in [2.05, 4.69) is 9.38 Å². The van der Waals surface area contributed by atoms with Crippen LogP contribution in [-0.2, 0) is 11.4 Å². The first-order chi connectivity index (χ1) is 9.20. The molecular weight excluding hydrogens is 286 g/mol. The zero-order valence-electron chi connectivity index (χ0n) is 11.9. The van der Waals surface area contributed by atoms with Crippen molar-refractivity contribution >= 4 is 17.6 Å². The van der Waals surface area contributed by atoms with Crippen molar-refractivity contribution in [2.45, 2.75) is 38.9 Å². The predicted octanol–water partition coefficient (Wildman–Crippen LogP) is 2.92. The number of pyridine rings is 1. The van der Waals surface area contributed by atoms with Gasteiger partial charge in [0.2, 0.25) is 0 Å². The van der Waals surface area contributed by atoms with Gasteiger partial charge in [-0.15, -0.1) is 0 Å². The first-order valence-corrected chi connectivity index (χ1v) is 7.14. The fraction of sp³-hybridized carbons (Fsp3) is 0.538. The van der Waals surface area contributed by atoms with Gasteiger partial charge in [0, 0.05) is 0 Å². The number of aryl methyl sites for hydroxylation is 1. The molecule has 0 saturated heterocycles. The number of rotatable bonds is 5. The normalized spacial score (nSPS) is 14.0. The van der Waals surface area contributed by atoms with E-state index in [0.29, 0.717) is 17.0 Å². The third-order valence-electron chi connectivity index (χ3n) is 2.25. The van der Waals surface area contributed by atoms with Crippen molar-refractivity contribution in [2.24, 2.45) is 4.40 Å². The number of hydrogen-bond donors (Lipinski definition) is 0. The minimum atomic E-state index is -2.52. The molecule has 0 N–H and O–H groups in total. The standard InChI is InChI=1S/C13H18F2N2O2S/c1-9-5-10(6-17-20(18)13(2,3)4)16-7-11(9)19-8-12(14)15/h5-7,12H,8H2,1-4H3/t20-/m1/s1. The molecule has 0 aromatic carbocycles. The molecule has 1 heterocycles. The molecule has 0 fully saturated rings. The van der Waals surface area contributed by atoms with Crippen LogP contribution in [0, 0.1) is 6.92 Å². The van der Waals surface area contributed by atoms with Crippen LogP contribution in [0.5, 0.6) is 5.75 Å². The van der Waals surface area contributed by atoms with Crippen LogP contribution in [0.4, 0.5) is 8.78 Å². The highest BCUT2D eigenvalue weighted by Gasteiger charge is 2.25. The maximum absolute atomic E-state index is 12.1. The molecule has 7 heteroatoms. The van der Waals surface area contributed by atoms with Crippen LogP contribution in [0.2, 0.25) is 0 Å². The Hall–Kier alpha value is -1.21. The topological polar surface area (TPSA) is 57.5 Å². The third kappa shape index (κ3) is 5.42. The van der Waals surface area contributed by atoms with Crippen LogP contribution < -0.4 is 4.74 Å². The lowest BCUT2D eigenvalue weighted by Crippen LogP contribution is -2.25. The van der Waals surface area contributed by atoms with E-state index >= 15 is 0 Å². The average Bonchev–Trinajstić information content (AvgIpc) is 2.33. The molecule has 0 unspecified atom stereocenters. The van der Waals surface area contributed by atoms with Crippen molar-refractivity contribution in [1.82, 2.24) is 4.98 Å². The lowest BCUT2D eigenvalue weighted by atomic mass is 10.2. The minimum Gasteiger partial charge on any atom is -0.591 e. The van der Waals surface area contributed by atoms with Crippen molar-refractivity contribution < 1.29 is 18.1 Å². The molecule has 0 bridgehead atoms. The summed E-state index contributed by atoms with van der Waals surface area (Å²) in [5, 5.41) is 0. The van der Waals surface area contributed by atoms with Crippen LogP contribution in [-0.4, -0.2) is 33.5 Å². The highest BCUT2D eigenvalue weighted by Crippen LogP contribution is 2.19. The zero-order chi connectivity index (χ0) is 15.3. The molecule has 0 radical (unpaired) electrons. The molecule has 1 aromatic heterocycles. The molecular formula is C13H18F2N2O2S. The summed E-state index contributed by atoms with van der Waals surface area (Å²) in [4.78, 5) is 4.02. The van der Waals surface area contributed by atoms with E-state index in [0.717, 1.165) is 0 Å². The SMILES string of the molecule is Cc1cc(C=N[S@+]([O-])C(C)(C)C)ncc1OCC(F)F. The lowest BCUT2D eigenvalue weighted by Gasteiger charge is -2.17. The van der Waals surface area contributed by atoms with Crippen molar-refractivity contribution in [3.63, 3.8) is 0 Å². The van der Waals surface area contributed by atoms with Crippen LogP contribution >= 0.6 is 0 Å². The third-order valence-corrected chi connectivity index (χ3v) is 3.60. The van der Waals surface area contributed by atoms with Crippen molar-refractivity contribution in [3.05, 3.63) is 23.5 Å². The Balaban J connectivity index is 2.75. The smallest absolute Gasteiger partial charge is 0.272 e. The predicted molar refractivity (Wildman–Crippen MR) is 76.0 cm³/mol. The summed E-state index contributed by atoms with van der Waals surface area (Å²) in [6, 6.07) is 1.64. The molecule has 0 aliphatic heterocycles. The number of ether oxygens (including phenoxy) is 1. The van der Waals surface area contributed by atoms with E-state index in [1.807, 2.05) is 20.8 Å². The van der Waals surface area contributed by atoms with Gasteiger partial charge in [-0.2, -0.15) is 0 Å². The summed E-state index contributed by atoms with van der Waals surface area (Å²) in [7, 11) is 0. The maximum Gasteiger partial charge on any atom is 0.272 e. The van der Waals surface area contributed by atoms with E-state index in [1.165, 1.54) is 12.4 Å². The molecule has 0 saturated carbocycles. The van der Waals surface area contributed by atoms with Gasteiger partial charge in [0.15, 0.2) is 0 Å². The second-order valence-corrected chi connectivity index (χ2v) is 7.11. The van der Waals surface area contributed by atoms with Crippen LogP contribution in [0.1, 0.15) is 32.0 Å². The molecule has 0 amide bonds. The summed E-state index contributed by atoms with van der Waals surface area (Å²) in [5.41, 5.74) is 1.17. The van der Waals surface area contributed by atoms with Gasteiger partial charge in [-0.25, -0.2) is 8.78 Å². The highest BCUT2D eigenvalue weighted by atomic mass is 32.2. The molecule has 1 aromatic rings. The van der Waals surface area contributed by atoms with Gasteiger partial charge in [0.25, 0.3) is 6.43 Å². The summed E-state index contributed by atoms with van der Waals surface area (Å²) >= 11 is -1.36. The van der Waals surface area contributed by atoms with Crippen molar-refractivity contribution in [1.29, 1.82) is 0 Å². The Labute approximate surface area is 120 Å². The largest absolute Gasteiger partial charge is 0.591 e. The number of aromatic nitrogens is 1. The second kappa shape index (κ2) is 6.99. The quantitative estimate of drug-likeness (QED) is 0.621. The average molecular weight is 304 g/mol. The summed E-state index contributed by atoms with van der Waals surface area (Å²) in [6.45, 7) is 6.52. The van der Waals surface area contributed by atoms with Gasteiger partial charge < -0.3 is 9.29 Å². The molecule has 0 spiro atoms. The number of halogens is 2. The second-order valence-electron chi connectivity index (χ2n) is 5.17. The van der Waals surface area contributed by atoms with Gasteiger partial charge in [-0.05, 0) is 39.3 Å². The molecule has 4 nitrogen and oxygen atoms in total. The molecule has 20 heavy (non-hydrogen) atoms. The van der Waals surface area contributed by atoms with Gasteiger partial charge in [0.1, 0.15) is 34.7 Å². The minimum absolute atomic E-state index is 0.305. The Bertz CT molecular complexity index is 476. The van der Waals surface area contributed by atoms with Crippen LogP contribution in [0.15, 0.2) is 16.7 Å². The number of alkyl halides is 2. The Kier molecular flexibility index (Phi) is 5.88. The summed E-state index contributed by atoms with van der Waals surface area (Å²) in [5.74, 6) is 0.305. The first kappa shape index (κ1) is 16.8. The van der Waals surface area contributed by atoms with Gasteiger partial charge in [0.05, 0.1) is 11.9 Å². The fourth-order valence-corrected chi connectivity index (χ4v) is 1.72. The van der Waals surface area contributed by atoms with E-state index in [4.69, 9.17) is 4.74 Å². The van der Waals surface area contributed by atoms with Gasteiger partial charge in [-0.1, -0.05) is 4.40 Å². The summed E-state index contributed by atoms with van der Waals surface area (Å²) in [6.07, 6.45) is 0.245. The zero-order valence-corrected chi connectivity index (χ0v) is 12.7. The van der Waals surface area contributed by atoms with Crippen LogP contribution in [0.25, 0.3) is 0 Å². The molecule has 112 valence electrons. The van der Waals surface area contributed by atoms with E-state index in [1.54, 1.807) is 13.0 Å². The molecule has 1 rings (SSSR count). The van der Waals surface area contributed by atoms with E-state index in [9.17, 15) is 13.3 Å². The highest BCUT2D eigenvalue weighted by molar-refractivity contribution is 7.91. The monoisotopic (exact) mass is 304 g/mol. The van der Waals surface area contributed by atoms with Gasteiger partial charge >= 0.3 is 0 Å².